The number of hydrogen-bond acceptors (Lipinski definition) is 6. The van der Waals surface area contributed by atoms with E-state index >= 15 is 0 Å². The Bertz CT molecular complexity index is 1350. The highest BCUT2D eigenvalue weighted by molar-refractivity contribution is 7.99. The minimum absolute atomic E-state index is 0.0737. The van der Waals surface area contributed by atoms with Crippen LogP contribution in [0.1, 0.15) is 6.92 Å². The van der Waals surface area contributed by atoms with Crippen molar-refractivity contribution in [1.82, 2.24) is 14.9 Å². The second kappa shape index (κ2) is 9.28. The van der Waals surface area contributed by atoms with Crippen molar-refractivity contribution in [2.24, 2.45) is 0 Å². The molecule has 3 heterocycles. The van der Waals surface area contributed by atoms with Crippen molar-refractivity contribution < 1.29 is 13.5 Å². The van der Waals surface area contributed by atoms with Gasteiger partial charge in [-0.3, -0.25) is 4.57 Å². The van der Waals surface area contributed by atoms with Crippen LogP contribution in [-0.4, -0.2) is 54.2 Å². The van der Waals surface area contributed by atoms with Gasteiger partial charge in [0.2, 0.25) is 0 Å². The molecule has 1 N–H and O–H groups in total. The van der Waals surface area contributed by atoms with Crippen LogP contribution in [0.15, 0.2) is 27.9 Å². The minimum atomic E-state index is -0.853. The summed E-state index contributed by atoms with van der Waals surface area (Å²) in [5.74, 6) is -0.579. The molecular formula is C23H22Cl2F2N4O2S. The summed E-state index contributed by atoms with van der Waals surface area (Å²) in [6, 6.07) is 3.81. The summed E-state index contributed by atoms with van der Waals surface area (Å²) in [6.07, 6.45) is -0.266. The molecule has 1 aromatic heterocycles. The van der Waals surface area contributed by atoms with Gasteiger partial charge in [0, 0.05) is 66.0 Å². The molecule has 2 atom stereocenters. The Morgan fingerprint density at radius 2 is 2.00 bits per heavy atom. The highest BCUT2D eigenvalue weighted by Crippen LogP contribution is 2.46. The maximum Gasteiger partial charge on any atom is 0.350 e. The molecule has 0 radical (unpaired) electrons. The van der Waals surface area contributed by atoms with Crippen molar-refractivity contribution in [2.75, 3.05) is 37.4 Å². The zero-order valence-corrected chi connectivity index (χ0v) is 20.8. The fourth-order valence-corrected chi connectivity index (χ4v) is 6.43. The van der Waals surface area contributed by atoms with E-state index in [0.29, 0.717) is 46.0 Å². The smallest absolute Gasteiger partial charge is 0.350 e. The third-order valence-corrected chi connectivity index (χ3v) is 8.15. The van der Waals surface area contributed by atoms with Gasteiger partial charge in [0.25, 0.3) is 0 Å². The number of nitrogens with zero attached hydrogens (tertiary/aromatic N) is 3. The molecule has 0 amide bonds. The number of methoxy groups -OCH3 is 1. The van der Waals surface area contributed by atoms with Gasteiger partial charge in [-0.05, 0) is 19.1 Å². The standard InChI is InChI=1S/C23H22Cl2F2N4O2S/c1-11-8-28-3-4-30(11)22-14-6-16(25)19(13-5-15(24)18(27)7-17(13)26)21-20(14)31(23(32)29-22)9-12(33-2)10-34-21/h5-7,11-12,28H,3-4,8-10H2,1-2H3. The van der Waals surface area contributed by atoms with Crippen molar-refractivity contribution in [3.63, 3.8) is 0 Å². The first kappa shape index (κ1) is 23.8. The van der Waals surface area contributed by atoms with Gasteiger partial charge in [-0.2, -0.15) is 4.98 Å². The van der Waals surface area contributed by atoms with Crippen LogP contribution in [0.5, 0.6) is 0 Å². The number of thioether (sulfide) groups is 1. The van der Waals surface area contributed by atoms with Gasteiger partial charge >= 0.3 is 5.69 Å². The normalized spacial score (nSPS) is 20.6. The molecule has 1 saturated heterocycles. The molecule has 1 fully saturated rings. The van der Waals surface area contributed by atoms with Gasteiger partial charge in [-0.15, -0.1) is 11.8 Å². The van der Waals surface area contributed by atoms with E-state index in [-0.39, 0.29) is 27.8 Å². The highest BCUT2D eigenvalue weighted by Gasteiger charge is 2.30. The summed E-state index contributed by atoms with van der Waals surface area (Å²) in [4.78, 5) is 20.5. The molecule has 3 aromatic rings. The molecule has 34 heavy (non-hydrogen) atoms. The first-order chi connectivity index (χ1) is 16.3. The minimum Gasteiger partial charge on any atom is -0.379 e. The van der Waals surface area contributed by atoms with Crippen molar-refractivity contribution in [1.29, 1.82) is 0 Å². The van der Waals surface area contributed by atoms with Crippen LogP contribution in [0.4, 0.5) is 14.6 Å². The molecule has 0 aliphatic carbocycles. The molecule has 0 spiro atoms. The summed E-state index contributed by atoms with van der Waals surface area (Å²) in [5.41, 5.74) is 0.646. The Balaban J connectivity index is 1.86. The quantitative estimate of drug-likeness (QED) is 0.504. The zero-order valence-electron chi connectivity index (χ0n) is 18.5. The lowest BCUT2D eigenvalue weighted by Crippen LogP contribution is -2.51. The molecule has 2 aromatic carbocycles. The number of ether oxygens (including phenoxy) is 1. The van der Waals surface area contributed by atoms with Crippen molar-refractivity contribution in [2.45, 2.75) is 30.5 Å². The van der Waals surface area contributed by atoms with Gasteiger partial charge in [-0.25, -0.2) is 13.6 Å². The highest BCUT2D eigenvalue weighted by atomic mass is 35.5. The SMILES string of the molecule is COC1CSc2c(-c3cc(Cl)c(F)cc3F)c(Cl)cc3c(N4CCNCC4C)nc(=O)n(c23)C1. The van der Waals surface area contributed by atoms with Crippen molar-refractivity contribution in [3.05, 3.63) is 50.4 Å². The fraction of sp³-hybridized carbons (Fsp3) is 0.391. The lowest BCUT2D eigenvalue weighted by molar-refractivity contribution is 0.107. The maximum absolute atomic E-state index is 15.0. The summed E-state index contributed by atoms with van der Waals surface area (Å²) in [6.45, 7) is 4.55. The first-order valence-electron chi connectivity index (χ1n) is 10.8. The number of aromatic nitrogens is 2. The average Bonchev–Trinajstić information content (AvgIpc) is 3.00. The molecule has 0 saturated carbocycles. The Morgan fingerprint density at radius 3 is 2.74 bits per heavy atom. The van der Waals surface area contributed by atoms with Gasteiger partial charge < -0.3 is 15.0 Å². The number of halogens is 4. The Kier molecular flexibility index (Phi) is 6.50. The van der Waals surface area contributed by atoms with Crippen LogP contribution >= 0.6 is 35.0 Å². The largest absolute Gasteiger partial charge is 0.379 e. The maximum atomic E-state index is 15.0. The first-order valence-corrected chi connectivity index (χ1v) is 12.6. The average molecular weight is 527 g/mol. The number of nitrogens with one attached hydrogen (secondary N) is 1. The molecule has 180 valence electrons. The van der Waals surface area contributed by atoms with Crippen LogP contribution < -0.4 is 15.9 Å². The lowest BCUT2D eigenvalue weighted by Gasteiger charge is -2.35. The van der Waals surface area contributed by atoms with Crippen LogP contribution in [-0.2, 0) is 11.3 Å². The van der Waals surface area contributed by atoms with Crippen LogP contribution in [0.25, 0.3) is 22.0 Å². The van der Waals surface area contributed by atoms with Crippen molar-refractivity contribution >= 4 is 51.7 Å². The van der Waals surface area contributed by atoms with E-state index in [2.05, 4.69) is 22.1 Å². The number of rotatable bonds is 3. The van der Waals surface area contributed by atoms with E-state index in [1.54, 1.807) is 17.7 Å². The van der Waals surface area contributed by atoms with E-state index in [1.165, 1.54) is 17.8 Å². The van der Waals surface area contributed by atoms with E-state index in [1.807, 2.05) is 0 Å². The molecule has 5 rings (SSSR count). The Morgan fingerprint density at radius 1 is 1.21 bits per heavy atom. The van der Waals surface area contributed by atoms with Gasteiger partial charge in [0.15, 0.2) is 0 Å². The lowest BCUT2D eigenvalue weighted by atomic mass is 10.0. The molecule has 2 aliphatic heterocycles. The predicted molar refractivity (Wildman–Crippen MR) is 133 cm³/mol. The number of anilines is 1. The van der Waals surface area contributed by atoms with Crippen LogP contribution in [0.2, 0.25) is 10.0 Å². The topological polar surface area (TPSA) is 59.4 Å². The second-order valence-electron chi connectivity index (χ2n) is 8.45. The fourth-order valence-electron chi connectivity index (χ4n) is 4.59. The Hall–Kier alpha value is -1.91. The van der Waals surface area contributed by atoms with Crippen molar-refractivity contribution in [3.8, 4) is 11.1 Å². The zero-order chi connectivity index (χ0) is 24.1. The monoisotopic (exact) mass is 526 g/mol. The van der Waals surface area contributed by atoms with E-state index in [4.69, 9.17) is 27.9 Å². The van der Waals surface area contributed by atoms with Crippen LogP contribution in [0, 0.1) is 11.6 Å². The summed E-state index contributed by atoms with van der Waals surface area (Å²) < 4.78 is 36.0. The molecule has 6 nitrogen and oxygen atoms in total. The summed E-state index contributed by atoms with van der Waals surface area (Å²) in [5, 5.41) is 4.10. The Labute approximate surface area is 209 Å². The third-order valence-electron chi connectivity index (χ3n) is 6.34. The molecule has 0 bridgehead atoms. The summed E-state index contributed by atoms with van der Waals surface area (Å²) in [7, 11) is 1.58. The molecule has 11 heteroatoms. The summed E-state index contributed by atoms with van der Waals surface area (Å²) >= 11 is 14.2. The number of hydrogen-bond donors (Lipinski definition) is 1. The molecular weight excluding hydrogens is 505 g/mol. The van der Waals surface area contributed by atoms with E-state index in [9.17, 15) is 13.6 Å². The van der Waals surface area contributed by atoms with Crippen LogP contribution in [0.3, 0.4) is 0 Å². The van der Waals surface area contributed by atoms with E-state index < -0.39 is 17.3 Å². The molecule has 2 unspecified atom stereocenters. The molecule has 2 aliphatic rings. The number of piperazine rings is 1. The number of benzene rings is 2. The van der Waals surface area contributed by atoms with Gasteiger partial charge in [-0.1, -0.05) is 23.2 Å². The van der Waals surface area contributed by atoms with E-state index in [0.717, 1.165) is 19.2 Å². The van der Waals surface area contributed by atoms with Gasteiger partial charge in [0.05, 0.1) is 28.2 Å². The van der Waals surface area contributed by atoms with Gasteiger partial charge in [0.1, 0.15) is 17.5 Å². The third kappa shape index (κ3) is 3.97. The predicted octanol–water partition coefficient (Wildman–Crippen LogP) is 4.57. The second-order valence-corrected chi connectivity index (χ2v) is 10.3.